The van der Waals surface area contributed by atoms with Crippen LogP contribution in [0.1, 0.15) is 47.1 Å². The zero-order valence-electron chi connectivity index (χ0n) is 10.5. The predicted molar refractivity (Wildman–Crippen MR) is 66.8 cm³/mol. The van der Waals surface area contributed by atoms with Crippen molar-refractivity contribution in [1.29, 1.82) is 0 Å². The standard InChI is InChI=1S/C12H9NO2.C2H6/c1-3-4-8-5-6-9-10(7-8)12(15)13(2)11(9)14;1-2/h5-7H,1-2H3;1-2H3. The van der Waals surface area contributed by atoms with Crippen molar-refractivity contribution in [1.82, 2.24) is 4.90 Å². The molecule has 1 aliphatic rings. The van der Waals surface area contributed by atoms with Gasteiger partial charge in [-0.2, -0.15) is 0 Å². The first-order valence-electron chi connectivity index (χ1n) is 5.54. The highest BCUT2D eigenvalue weighted by Crippen LogP contribution is 2.22. The molecule has 1 aromatic rings. The van der Waals surface area contributed by atoms with Crippen LogP contribution < -0.4 is 0 Å². The van der Waals surface area contributed by atoms with E-state index in [0.717, 1.165) is 10.5 Å². The fourth-order valence-electron chi connectivity index (χ4n) is 1.58. The minimum atomic E-state index is -0.255. The summed E-state index contributed by atoms with van der Waals surface area (Å²) in [5.74, 6) is 5.11. The maximum absolute atomic E-state index is 11.6. The molecule has 0 fully saturated rings. The van der Waals surface area contributed by atoms with Gasteiger partial charge in [-0.25, -0.2) is 0 Å². The zero-order chi connectivity index (χ0) is 13.0. The number of fused-ring (bicyclic) bond motifs is 1. The Kier molecular flexibility index (Phi) is 4.06. The topological polar surface area (TPSA) is 37.4 Å². The molecule has 0 saturated carbocycles. The molecule has 88 valence electrons. The summed E-state index contributed by atoms with van der Waals surface area (Å²) in [7, 11) is 1.48. The average Bonchev–Trinajstić information content (AvgIpc) is 2.58. The lowest BCUT2D eigenvalue weighted by atomic mass is 10.1. The van der Waals surface area contributed by atoms with Gasteiger partial charge in [-0.05, 0) is 25.1 Å². The van der Waals surface area contributed by atoms with Crippen LogP contribution >= 0.6 is 0 Å². The van der Waals surface area contributed by atoms with Crippen LogP contribution in [0.4, 0.5) is 0 Å². The van der Waals surface area contributed by atoms with Gasteiger partial charge in [0.15, 0.2) is 0 Å². The van der Waals surface area contributed by atoms with E-state index in [0.29, 0.717) is 11.1 Å². The Balaban J connectivity index is 0.000000686. The third-order valence-electron chi connectivity index (χ3n) is 2.36. The second-order valence-electron chi connectivity index (χ2n) is 3.30. The quantitative estimate of drug-likeness (QED) is 0.505. The number of rotatable bonds is 0. The third kappa shape index (κ3) is 2.21. The van der Waals surface area contributed by atoms with Crippen molar-refractivity contribution in [3.8, 4) is 11.8 Å². The maximum atomic E-state index is 11.6. The number of hydrogen-bond acceptors (Lipinski definition) is 2. The highest BCUT2D eigenvalue weighted by Gasteiger charge is 2.32. The van der Waals surface area contributed by atoms with E-state index in [4.69, 9.17) is 0 Å². The number of imide groups is 1. The van der Waals surface area contributed by atoms with E-state index in [2.05, 4.69) is 11.8 Å². The van der Waals surface area contributed by atoms with E-state index in [1.165, 1.54) is 7.05 Å². The van der Waals surface area contributed by atoms with Crippen LogP contribution in [0.25, 0.3) is 0 Å². The first-order chi connectivity index (χ1) is 8.15. The van der Waals surface area contributed by atoms with E-state index < -0.39 is 0 Å². The summed E-state index contributed by atoms with van der Waals surface area (Å²) in [6, 6.07) is 5.06. The molecule has 0 aliphatic carbocycles. The van der Waals surface area contributed by atoms with Gasteiger partial charge in [-0.15, -0.1) is 5.92 Å². The van der Waals surface area contributed by atoms with Crippen LogP contribution in [0.3, 0.4) is 0 Å². The number of carbonyl (C=O) groups is 2. The lowest BCUT2D eigenvalue weighted by molar-refractivity contribution is 0.0693. The molecule has 1 aliphatic heterocycles. The lowest BCUT2D eigenvalue weighted by Crippen LogP contribution is -2.24. The monoisotopic (exact) mass is 229 g/mol. The van der Waals surface area contributed by atoms with Gasteiger partial charge >= 0.3 is 0 Å². The Bertz CT molecular complexity index is 521. The maximum Gasteiger partial charge on any atom is 0.261 e. The highest BCUT2D eigenvalue weighted by molar-refractivity contribution is 6.21. The molecule has 0 N–H and O–H groups in total. The van der Waals surface area contributed by atoms with Gasteiger partial charge in [0.2, 0.25) is 0 Å². The molecule has 1 aromatic carbocycles. The van der Waals surface area contributed by atoms with Crippen molar-refractivity contribution < 1.29 is 9.59 Å². The van der Waals surface area contributed by atoms with Gasteiger partial charge in [-0.3, -0.25) is 14.5 Å². The summed E-state index contributed by atoms with van der Waals surface area (Å²) in [5, 5.41) is 0. The van der Waals surface area contributed by atoms with Crippen LogP contribution in [0.15, 0.2) is 18.2 Å². The molecule has 0 unspecified atom stereocenters. The van der Waals surface area contributed by atoms with Crippen LogP contribution in [0, 0.1) is 11.8 Å². The Hall–Kier alpha value is -2.08. The largest absolute Gasteiger partial charge is 0.277 e. The normalized spacial score (nSPS) is 12.4. The van der Waals surface area contributed by atoms with Crippen LogP contribution in [0.2, 0.25) is 0 Å². The molecule has 3 heteroatoms. The molecular formula is C14H15NO2. The Labute approximate surface area is 101 Å². The molecule has 0 saturated heterocycles. The van der Waals surface area contributed by atoms with Crippen molar-refractivity contribution in [2.45, 2.75) is 20.8 Å². The Morgan fingerprint density at radius 1 is 1.06 bits per heavy atom. The first-order valence-corrected chi connectivity index (χ1v) is 5.54. The van der Waals surface area contributed by atoms with Crippen LogP contribution in [-0.4, -0.2) is 23.8 Å². The van der Waals surface area contributed by atoms with Gasteiger partial charge in [0.25, 0.3) is 11.8 Å². The third-order valence-corrected chi connectivity index (χ3v) is 2.36. The van der Waals surface area contributed by atoms with Crippen molar-refractivity contribution in [3.05, 3.63) is 34.9 Å². The number of amides is 2. The molecule has 2 amide bonds. The minimum absolute atomic E-state index is 0.244. The molecule has 3 nitrogen and oxygen atoms in total. The van der Waals surface area contributed by atoms with Gasteiger partial charge < -0.3 is 0 Å². The zero-order valence-corrected chi connectivity index (χ0v) is 10.5. The lowest BCUT2D eigenvalue weighted by Gasteiger charge is -2.02. The number of hydrogen-bond donors (Lipinski definition) is 0. The summed E-state index contributed by atoms with van der Waals surface area (Å²) < 4.78 is 0. The fraction of sp³-hybridized carbons (Fsp3) is 0.286. The summed E-state index contributed by atoms with van der Waals surface area (Å²) in [6.45, 7) is 5.73. The molecule has 0 spiro atoms. The smallest absolute Gasteiger partial charge is 0.261 e. The van der Waals surface area contributed by atoms with E-state index in [1.54, 1.807) is 25.1 Å². The van der Waals surface area contributed by atoms with Gasteiger partial charge in [0.1, 0.15) is 0 Å². The number of carbonyl (C=O) groups excluding carboxylic acids is 2. The van der Waals surface area contributed by atoms with E-state index >= 15 is 0 Å². The molecule has 2 rings (SSSR count). The SMILES string of the molecule is CC.CC#Cc1ccc2c(c1)C(=O)N(C)C2=O. The van der Waals surface area contributed by atoms with Crippen LogP contribution in [0.5, 0.6) is 0 Å². The van der Waals surface area contributed by atoms with Crippen molar-refractivity contribution in [3.63, 3.8) is 0 Å². The van der Waals surface area contributed by atoms with E-state index in [-0.39, 0.29) is 11.8 Å². The number of nitrogens with zero attached hydrogens (tertiary/aromatic N) is 1. The highest BCUT2D eigenvalue weighted by atomic mass is 16.2. The molecule has 0 atom stereocenters. The number of benzene rings is 1. The average molecular weight is 229 g/mol. The summed E-state index contributed by atoms with van der Waals surface area (Å²) >= 11 is 0. The van der Waals surface area contributed by atoms with Gasteiger partial charge in [-0.1, -0.05) is 19.8 Å². The second-order valence-corrected chi connectivity index (χ2v) is 3.30. The molecule has 0 bridgehead atoms. The summed E-state index contributed by atoms with van der Waals surface area (Å²) in [5.41, 5.74) is 1.67. The fourth-order valence-corrected chi connectivity index (χ4v) is 1.58. The van der Waals surface area contributed by atoms with E-state index in [9.17, 15) is 9.59 Å². The molecule has 0 aromatic heterocycles. The van der Waals surface area contributed by atoms with E-state index in [1.807, 2.05) is 13.8 Å². The van der Waals surface area contributed by atoms with Crippen molar-refractivity contribution in [2.24, 2.45) is 0 Å². The van der Waals surface area contributed by atoms with Crippen molar-refractivity contribution >= 4 is 11.8 Å². The molecule has 17 heavy (non-hydrogen) atoms. The summed E-state index contributed by atoms with van der Waals surface area (Å²) in [4.78, 5) is 24.3. The first kappa shape index (κ1) is 13.0. The van der Waals surface area contributed by atoms with Gasteiger partial charge in [0, 0.05) is 12.6 Å². The Morgan fingerprint density at radius 3 is 2.24 bits per heavy atom. The van der Waals surface area contributed by atoms with Gasteiger partial charge in [0.05, 0.1) is 11.1 Å². The molecule has 0 radical (unpaired) electrons. The molecule has 1 heterocycles. The predicted octanol–water partition coefficient (Wildman–Crippen LogP) is 2.31. The van der Waals surface area contributed by atoms with Crippen LogP contribution in [-0.2, 0) is 0 Å². The molecular weight excluding hydrogens is 214 g/mol. The minimum Gasteiger partial charge on any atom is -0.277 e. The summed E-state index contributed by atoms with van der Waals surface area (Å²) in [6.07, 6.45) is 0. The second kappa shape index (κ2) is 5.31. The Morgan fingerprint density at radius 2 is 1.65 bits per heavy atom. The van der Waals surface area contributed by atoms with Crippen molar-refractivity contribution in [2.75, 3.05) is 7.05 Å².